The average molecular weight is 276 g/mol. The highest BCUT2D eigenvalue weighted by molar-refractivity contribution is 5.96. The normalized spacial score (nSPS) is 15.0. The van der Waals surface area contributed by atoms with E-state index in [2.05, 4.69) is 10.2 Å². The third-order valence-electron chi connectivity index (χ3n) is 3.22. The van der Waals surface area contributed by atoms with Crippen LogP contribution in [-0.4, -0.2) is 42.4 Å². The third kappa shape index (κ3) is 3.57. The number of nitrogens with one attached hydrogen (secondary N) is 1. The van der Waals surface area contributed by atoms with Gasteiger partial charge in [-0.1, -0.05) is 0 Å². The molecule has 1 saturated heterocycles. The zero-order valence-corrected chi connectivity index (χ0v) is 11.0. The summed E-state index contributed by atoms with van der Waals surface area (Å²) in [5.74, 6) is -1.20. The topological polar surface area (TPSA) is 86.7 Å². The first-order valence-electron chi connectivity index (χ1n) is 6.43. The van der Waals surface area contributed by atoms with E-state index >= 15 is 0 Å². The summed E-state index contributed by atoms with van der Waals surface area (Å²) in [7, 11) is 0. The van der Waals surface area contributed by atoms with Crippen LogP contribution in [0.3, 0.4) is 0 Å². The Morgan fingerprint density at radius 2 is 1.75 bits per heavy atom. The number of benzene rings is 1. The summed E-state index contributed by atoms with van der Waals surface area (Å²) < 4.78 is 0. The number of nitrogens with zero attached hydrogens (tertiary/aromatic N) is 1. The quantitative estimate of drug-likeness (QED) is 0.844. The number of amides is 1. The largest absolute Gasteiger partial charge is 0.480 e. The zero-order chi connectivity index (χ0) is 14.5. The van der Waals surface area contributed by atoms with Crippen LogP contribution in [0.2, 0.25) is 0 Å². The number of aliphatic carboxylic acids is 1. The summed E-state index contributed by atoms with van der Waals surface area (Å²) in [4.78, 5) is 35.3. The number of carboxylic acids is 1. The monoisotopic (exact) mass is 276 g/mol. The Bertz CT molecular complexity index is 514. The fourth-order valence-corrected chi connectivity index (χ4v) is 2.10. The summed E-state index contributed by atoms with van der Waals surface area (Å²) in [6.45, 7) is 1.00. The molecule has 1 aromatic rings. The van der Waals surface area contributed by atoms with E-state index in [0.717, 1.165) is 5.69 Å². The Morgan fingerprint density at radius 3 is 2.30 bits per heavy atom. The van der Waals surface area contributed by atoms with Crippen molar-refractivity contribution in [2.45, 2.75) is 12.8 Å². The molecule has 1 aliphatic rings. The number of anilines is 1. The van der Waals surface area contributed by atoms with Crippen molar-refractivity contribution in [3.8, 4) is 0 Å². The first kappa shape index (κ1) is 14.0. The fraction of sp³-hybridized carbons (Fsp3) is 0.357. The molecule has 0 saturated carbocycles. The molecule has 106 valence electrons. The van der Waals surface area contributed by atoms with Gasteiger partial charge in [-0.3, -0.25) is 14.4 Å². The van der Waals surface area contributed by atoms with E-state index in [1.54, 1.807) is 12.1 Å². The molecule has 1 aromatic carbocycles. The lowest BCUT2D eigenvalue weighted by molar-refractivity contribution is -0.135. The molecule has 0 bridgehead atoms. The molecule has 1 aliphatic heterocycles. The van der Waals surface area contributed by atoms with Crippen LogP contribution in [0.15, 0.2) is 24.3 Å². The highest BCUT2D eigenvalue weighted by atomic mass is 16.4. The minimum Gasteiger partial charge on any atom is -0.480 e. The first-order chi connectivity index (χ1) is 9.56. The van der Waals surface area contributed by atoms with Crippen molar-refractivity contribution in [1.82, 2.24) is 5.32 Å². The lowest BCUT2D eigenvalue weighted by atomic mass is 10.1. The van der Waals surface area contributed by atoms with Crippen LogP contribution < -0.4 is 10.2 Å². The molecule has 0 aliphatic carbocycles. The number of ketones is 1. The van der Waals surface area contributed by atoms with Gasteiger partial charge in [-0.05, 0) is 24.3 Å². The van der Waals surface area contributed by atoms with Crippen LogP contribution >= 0.6 is 0 Å². The van der Waals surface area contributed by atoms with Crippen molar-refractivity contribution in [3.63, 3.8) is 0 Å². The van der Waals surface area contributed by atoms with Gasteiger partial charge in [0.15, 0.2) is 0 Å². The van der Waals surface area contributed by atoms with Gasteiger partial charge in [0.2, 0.25) is 0 Å². The maximum atomic E-state index is 11.6. The molecule has 6 heteroatoms. The van der Waals surface area contributed by atoms with Crippen molar-refractivity contribution in [2.24, 2.45) is 0 Å². The van der Waals surface area contributed by atoms with Crippen LogP contribution in [0.4, 0.5) is 5.69 Å². The summed E-state index contributed by atoms with van der Waals surface area (Å²) in [6, 6.07) is 6.93. The fourth-order valence-electron chi connectivity index (χ4n) is 2.10. The number of rotatable bonds is 4. The molecule has 0 unspecified atom stereocenters. The molecule has 6 nitrogen and oxygen atoms in total. The van der Waals surface area contributed by atoms with Crippen molar-refractivity contribution in [2.75, 3.05) is 24.5 Å². The van der Waals surface area contributed by atoms with Gasteiger partial charge >= 0.3 is 5.97 Å². The minimum atomic E-state index is -1.08. The van der Waals surface area contributed by atoms with Crippen LogP contribution in [0.25, 0.3) is 0 Å². The molecule has 1 amide bonds. The highest BCUT2D eigenvalue weighted by Crippen LogP contribution is 2.19. The first-order valence-corrected chi connectivity index (χ1v) is 6.43. The van der Waals surface area contributed by atoms with Crippen molar-refractivity contribution in [3.05, 3.63) is 29.8 Å². The minimum absolute atomic E-state index is 0.283. The predicted molar refractivity (Wildman–Crippen MR) is 72.9 cm³/mol. The number of hydrogen-bond donors (Lipinski definition) is 2. The molecular formula is C14H16N2O4. The van der Waals surface area contributed by atoms with Crippen LogP contribution in [0, 0.1) is 0 Å². The Hall–Kier alpha value is -2.37. The highest BCUT2D eigenvalue weighted by Gasteiger charge is 2.16. The molecule has 1 fully saturated rings. The van der Waals surface area contributed by atoms with E-state index in [-0.39, 0.29) is 5.78 Å². The van der Waals surface area contributed by atoms with Gasteiger partial charge < -0.3 is 15.3 Å². The zero-order valence-electron chi connectivity index (χ0n) is 11.0. The number of piperidine rings is 1. The van der Waals surface area contributed by atoms with E-state index in [4.69, 9.17) is 5.11 Å². The molecular weight excluding hydrogens is 260 g/mol. The Morgan fingerprint density at radius 1 is 1.15 bits per heavy atom. The summed E-state index contributed by atoms with van der Waals surface area (Å²) in [6.07, 6.45) is 1.11. The molecule has 2 N–H and O–H groups in total. The molecule has 20 heavy (non-hydrogen) atoms. The van der Waals surface area contributed by atoms with E-state index in [1.807, 2.05) is 12.1 Å². The van der Waals surface area contributed by atoms with Gasteiger partial charge in [0, 0.05) is 37.2 Å². The summed E-state index contributed by atoms with van der Waals surface area (Å²) in [5, 5.41) is 10.8. The lowest BCUT2D eigenvalue weighted by Gasteiger charge is -2.28. The van der Waals surface area contributed by atoms with Crippen molar-refractivity contribution >= 4 is 23.3 Å². The lowest BCUT2D eigenvalue weighted by Crippen LogP contribution is -2.33. The number of Topliss-reactive ketones (excluding diaryl/α,β-unsaturated/α-hetero) is 1. The van der Waals surface area contributed by atoms with E-state index in [9.17, 15) is 14.4 Å². The third-order valence-corrected chi connectivity index (χ3v) is 3.22. The van der Waals surface area contributed by atoms with E-state index in [1.165, 1.54) is 0 Å². The Kier molecular flexibility index (Phi) is 4.34. The SMILES string of the molecule is O=C(O)CNC(=O)c1ccc(N2CCC(=O)CC2)cc1. The average Bonchev–Trinajstić information content (AvgIpc) is 2.46. The second-order valence-corrected chi connectivity index (χ2v) is 4.65. The maximum absolute atomic E-state index is 11.6. The van der Waals surface area contributed by atoms with Gasteiger partial charge in [0.25, 0.3) is 5.91 Å². The van der Waals surface area contributed by atoms with Gasteiger partial charge in [0.05, 0.1) is 0 Å². The van der Waals surface area contributed by atoms with Crippen LogP contribution in [0.1, 0.15) is 23.2 Å². The second-order valence-electron chi connectivity index (χ2n) is 4.65. The van der Waals surface area contributed by atoms with Crippen molar-refractivity contribution in [1.29, 1.82) is 0 Å². The predicted octanol–water partition coefficient (Wildman–Crippen LogP) is 0.670. The smallest absolute Gasteiger partial charge is 0.322 e. The number of carboxylic acid groups (broad SMARTS) is 1. The summed E-state index contributed by atoms with van der Waals surface area (Å²) in [5.41, 5.74) is 1.38. The number of carbonyl (C=O) groups is 3. The number of hydrogen-bond acceptors (Lipinski definition) is 4. The van der Waals surface area contributed by atoms with Gasteiger partial charge in [-0.25, -0.2) is 0 Å². The van der Waals surface area contributed by atoms with Crippen molar-refractivity contribution < 1.29 is 19.5 Å². The maximum Gasteiger partial charge on any atom is 0.322 e. The molecule has 0 atom stereocenters. The molecule has 0 aromatic heterocycles. The molecule has 2 rings (SSSR count). The standard InChI is InChI=1S/C14H16N2O4/c17-12-5-7-16(8-6-12)11-3-1-10(2-4-11)14(20)15-9-13(18)19/h1-4H,5-9H2,(H,15,20)(H,18,19). The Labute approximate surface area is 116 Å². The summed E-state index contributed by atoms with van der Waals surface area (Å²) >= 11 is 0. The molecule has 0 spiro atoms. The number of carbonyl (C=O) groups excluding carboxylic acids is 2. The van der Waals surface area contributed by atoms with E-state index in [0.29, 0.717) is 31.5 Å². The second kappa shape index (κ2) is 6.18. The van der Waals surface area contributed by atoms with Gasteiger partial charge in [-0.2, -0.15) is 0 Å². The molecule has 1 heterocycles. The van der Waals surface area contributed by atoms with Crippen LogP contribution in [-0.2, 0) is 9.59 Å². The Balaban J connectivity index is 1.97. The van der Waals surface area contributed by atoms with Gasteiger partial charge in [-0.15, -0.1) is 0 Å². The molecule has 0 radical (unpaired) electrons. The van der Waals surface area contributed by atoms with Crippen LogP contribution in [0.5, 0.6) is 0 Å². The van der Waals surface area contributed by atoms with Gasteiger partial charge in [0.1, 0.15) is 12.3 Å². The van der Waals surface area contributed by atoms with E-state index < -0.39 is 18.4 Å².